The van der Waals surface area contributed by atoms with Crippen molar-refractivity contribution >= 4 is 11.8 Å². The molecule has 0 unspecified atom stereocenters. The highest BCUT2D eigenvalue weighted by atomic mass is 16.2. The van der Waals surface area contributed by atoms with Crippen molar-refractivity contribution in [3.05, 3.63) is 0 Å². The van der Waals surface area contributed by atoms with Crippen molar-refractivity contribution < 1.29 is 9.59 Å². The van der Waals surface area contributed by atoms with Gasteiger partial charge in [0.05, 0.1) is 6.07 Å². The summed E-state index contributed by atoms with van der Waals surface area (Å²) in [6, 6.07) is 1.82. The van der Waals surface area contributed by atoms with Gasteiger partial charge in [-0.2, -0.15) is 5.26 Å². The lowest BCUT2D eigenvalue weighted by Gasteiger charge is -2.33. The van der Waals surface area contributed by atoms with Crippen LogP contribution in [0, 0.1) is 23.2 Å². The first-order chi connectivity index (χ1) is 8.54. The van der Waals surface area contributed by atoms with Crippen molar-refractivity contribution in [1.29, 1.82) is 5.26 Å². The largest absolute Gasteiger partial charge is 0.355 e. The van der Waals surface area contributed by atoms with Crippen molar-refractivity contribution in [2.75, 3.05) is 19.6 Å². The molecule has 18 heavy (non-hydrogen) atoms. The van der Waals surface area contributed by atoms with E-state index < -0.39 is 0 Å². The van der Waals surface area contributed by atoms with Gasteiger partial charge in [0, 0.05) is 25.6 Å². The molecule has 2 amide bonds. The summed E-state index contributed by atoms with van der Waals surface area (Å²) < 4.78 is 0. The molecule has 0 radical (unpaired) electrons. The molecule has 0 spiro atoms. The predicted molar refractivity (Wildman–Crippen MR) is 67.4 cm³/mol. The predicted octanol–water partition coefficient (Wildman–Crippen LogP) is 0.911. The van der Waals surface area contributed by atoms with Gasteiger partial charge in [0.15, 0.2) is 0 Å². The summed E-state index contributed by atoms with van der Waals surface area (Å²) in [4.78, 5) is 24.8. The zero-order chi connectivity index (χ0) is 13.5. The molecule has 5 heteroatoms. The van der Waals surface area contributed by atoms with Crippen molar-refractivity contribution in [2.24, 2.45) is 11.8 Å². The van der Waals surface area contributed by atoms with E-state index >= 15 is 0 Å². The summed E-state index contributed by atoms with van der Waals surface area (Å²) in [6.45, 7) is 5.99. The topological polar surface area (TPSA) is 73.2 Å². The van der Waals surface area contributed by atoms with Crippen LogP contribution in [-0.4, -0.2) is 36.3 Å². The average Bonchev–Trinajstić information content (AvgIpc) is 2.36. The van der Waals surface area contributed by atoms with Crippen LogP contribution in [0.1, 0.15) is 33.1 Å². The first-order valence-electron chi connectivity index (χ1n) is 6.47. The summed E-state index contributed by atoms with van der Waals surface area (Å²) in [6.07, 6.45) is 1.77. The lowest BCUT2D eigenvalue weighted by molar-refractivity contribution is -0.136. The summed E-state index contributed by atoms with van der Waals surface area (Å²) in [5, 5.41) is 11.1. The molecule has 1 heterocycles. The second-order valence-corrected chi connectivity index (χ2v) is 5.06. The SMILES string of the molecule is CC(C)C(=O)N1CCC(CNC(=O)CC#N)CC1. The number of nitriles is 1. The average molecular weight is 251 g/mol. The van der Waals surface area contributed by atoms with Gasteiger partial charge in [-0.15, -0.1) is 0 Å². The zero-order valence-electron chi connectivity index (χ0n) is 11.1. The van der Waals surface area contributed by atoms with E-state index in [4.69, 9.17) is 5.26 Å². The minimum absolute atomic E-state index is 0.0527. The molecule has 1 aliphatic heterocycles. The zero-order valence-corrected chi connectivity index (χ0v) is 11.1. The molecule has 0 atom stereocenters. The van der Waals surface area contributed by atoms with Crippen LogP contribution in [0.2, 0.25) is 0 Å². The molecule has 1 saturated heterocycles. The molecular weight excluding hydrogens is 230 g/mol. The lowest BCUT2D eigenvalue weighted by atomic mass is 9.96. The van der Waals surface area contributed by atoms with Crippen LogP contribution in [0.15, 0.2) is 0 Å². The Morgan fingerprint density at radius 2 is 2.00 bits per heavy atom. The van der Waals surface area contributed by atoms with Gasteiger partial charge in [-0.05, 0) is 18.8 Å². The molecule has 0 bridgehead atoms. The maximum Gasteiger partial charge on any atom is 0.234 e. The Balaban J connectivity index is 2.26. The molecule has 1 N–H and O–H groups in total. The molecule has 0 aromatic heterocycles. The molecule has 0 saturated carbocycles. The summed E-state index contributed by atoms with van der Waals surface area (Å²) in [5.74, 6) is 0.473. The van der Waals surface area contributed by atoms with Crippen LogP contribution in [0.25, 0.3) is 0 Å². The second-order valence-electron chi connectivity index (χ2n) is 5.06. The molecule has 1 aliphatic rings. The van der Waals surface area contributed by atoms with Gasteiger partial charge in [-0.25, -0.2) is 0 Å². The molecule has 0 aromatic carbocycles. The van der Waals surface area contributed by atoms with E-state index in [0.717, 1.165) is 25.9 Å². The van der Waals surface area contributed by atoms with Crippen LogP contribution in [-0.2, 0) is 9.59 Å². The molecule has 0 aliphatic carbocycles. The smallest absolute Gasteiger partial charge is 0.234 e. The van der Waals surface area contributed by atoms with Gasteiger partial charge in [-0.3, -0.25) is 9.59 Å². The Morgan fingerprint density at radius 3 is 2.50 bits per heavy atom. The Bertz CT molecular complexity index is 339. The Hall–Kier alpha value is -1.57. The number of nitrogens with one attached hydrogen (secondary N) is 1. The molecule has 1 fully saturated rings. The minimum atomic E-state index is -0.210. The fourth-order valence-electron chi connectivity index (χ4n) is 2.12. The van der Waals surface area contributed by atoms with Crippen LogP contribution in [0.4, 0.5) is 0 Å². The maximum atomic E-state index is 11.8. The minimum Gasteiger partial charge on any atom is -0.355 e. The summed E-state index contributed by atoms with van der Waals surface area (Å²) >= 11 is 0. The maximum absolute atomic E-state index is 11.8. The third kappa shape index (κ3) is 4.36. The van der Waals surface area contributed by atoms with Gasteiger partial charge in [0.1, 0.15) is 6.42 Å². The number of carbonyl (C=O) groups excluding carboxylic acids is 2. The Morgan fingerprint density at radius 1 is 1.39 bits per heavy atom. The monoisotopic (exact) mass is 251 g/mol. The summed E-state index contributed by atoms with van der Waals surface area (Å²) in [7, 11) is 0. The number of hydrogen-bond acceptors (Lipinski definition) is 3. The first-order valence-corrected chi connectivity index (χ1v) is 6.47. The fraction of sp³-hybridized carbons (Fsp3) is 0.769. The Labute approximate surface area is 108 Å². The number of carbonyl (C=O) groups is 2. The van der Waals surface area contributed by atoms with Gasteiger partial charge in [-0.1, -0.05) is 13.8 Å². The van der Waals surface area contributed by atoms with Crippen molar-refractivity contribution in [2.45, 2.75) is 33.1 Å². The highest BCUT2D eigenvalue weighted by molar-refractivity contribution is 5.78. The lowest BCUT2D eigenvalue weighted by Crippen LogP contribution is -2.43. The highest BCUT2D eigenvalue weighted by Gasteiger charge is 2.24. The first kappa shape index (κ1) is 14.5. The molecule has 1 rings (SSSR count). The molecule has 5 nitrogen and oxygen atoms in total. The van der Waals surface area contributed by atoms with Crippen molar-refractivity contribution in [3.63, 3.8) is 0 Å². The number of hydrogen-bond donors (Lipinski definition) is 1. The van der Waals surface area contributed by atoms with Gasteiger partial charge < -0.3 is 10.2 Å². The van der Waals surface area contributed by atoms with Crippen LogP contribution < -0.4 is 5.32 Å². The van der Waals surface area contributed by atoms with Crippen molar-refractivity contribution in [1.82, 2.24) is 10.2 Å². The van der Waals surface area contributed by atoms with Gasteiger partial charge in [0.25, 0.3) is 0 Å². The van der Waals surface area contributed by atoms with E-state index in [0.29, 0.717) is 12.5 Å². The van der Waals surface area contributed by atoms with E-state index in [1.165, 1.54) is 0 Å². The number of nitrogens with zero attached hydrogens (tertiary/aromatic N) is 2. The van der Waals surface area contributed by atoms with Gasteiger partial charge >= 0.3 is 0 Å². The van der Waals surface area contributed by atoms with E-state index in [9.17, 15) is 9.59 Å². The molecule has 100 valence electrons. The van der Waals surface area contributed by atoms with E-state index in [1.807, 2.05) is 24.8 Å². The fourth-order valence-corrected chi connectivity index (χ4v) is 2.12. The second kappa shape index (κ2) is 7.00. The molecular formula is C13H21N3O2. The van der Waals surface area contributed by atoms with E-state index in [-0.39, 0.29) is 24.2 Å². The molecule has 0 aromatic rings. The number of likely N-dealkylation sites (tertiary alicyclic amines) is 1. The number of piperidine rings is 1. The van der Waals surface area contributed by atoms with Gasteiger partial charge in [0.2, 0.25) is 11.8 Å². The normalized spacial score (nSPS) is 16.4. The number of rotatable bonds is 4. The third-order valence-electron chi connectivity index (χ3n) is 3.25. The number of amides is 2. The highest BCUT2D eigenvalue weighted by Crippen LogP contribution is 2.18. The van der Waals surface area contributed by atoms with Crippen LogP contribution in [0.3, 0.4) is 0 Å². The van der Waals surface area contributed by atoms with E-state index in [1.54, 1.807) is 0 Å². The summed E-state index contributed by atoms with van der Waals surface area (Å²) in [5.41, 5.74) is 0. The Kier molecular flexibility index (Phi) is 5.63. The van der Waals surface area contributed by atoms with Crippen LogP contribution in [0.5, 0.6) is 0 Å². The standard InChI is InChI=1S/C13H21N3O2/c1-10(2)13(18)16-7-4-11(5-8-16)9-15-12(17)3-6-14/h10-11H,3-5,7-9H2,1-2H3,(H,15,17). The van der Waals surface area contributed by atoms with Crippen molar-refractivity contribution in [3.8, 4) is 6.07 Å². The quantitative estimate of drug-likeness (QED) is 0.807. The third-order valence-corrected chi connectivity index (χ3v) is 3.25. The van der Waals surface area contributed by atoms with Crippen LogP contribution >= 0.6 is 0 Å². The van der Waals surface area contributed by atoms with E-state index in [2.05, 4.69) is 5.32 Å².